The number of benzene rings is 2. The molecule has 5 rings (SSSR count). The van der Waals surface area contributed by atoms with Crippen molar-refractivity contribution in [3.8, 4) is 17.0 Å². The highest BCUT2D eigenvalue weighted by atomic mass is 35.5. The lowest BCUT2D eigenvalue weighted by molar-refractivity contribution is -0.133. The maximum Gasteiger partial charge on any atom is 0.261 e. The second kappa shape index (κ2) is 7.56. The molecule has 1 aromatic heterocycles. The molecule has 3 aromatic rings. The Kier molecular flexibility index (Phi) is 4.90. The number of halogens is 2. The first-order valence-electron chi connectivity index (χ1n) is 10.5. The van der Waals surface area contributed by atoms with E-state index in [1.807, 2.05) is 31.2 Å². The summed E-state index contributed by atoms with van der Waals surface area (Å²) in [6, 6.07) is 15.4. The van der Waals surface area contributed by atoms with Crippen molar-refractivity contribution in [3.63, 3.8) is 0 Å². The summed E-state index contributed by atoms with van der Waals surface area (Å²) in [5.74, 6) is 0.0889. The van der Waals surface area contributed by atoms with Gasteiger partial charge in [-0.2, -0.15) is 0 Å². The first kappa shape index (κ1) is 21.4. The lowest BCUT2D eigenvalue weighted by Gasteiger charge is -2.43. The number of aliphatic imine (C=N–C) groups is 1. The van der Waals surface area contributed by atoms with Crippen LogP contribution in [-0.4, -0.2) is 34.4 Å². The van der Waals surface area contributed by atoms with E-state index >= 15 is 0 Å². The van der Waals surface area contributed by atoms with Crippen molar-refractivity contribution in [1.82, 2.24) is 9.88 Å². The van der Waals surface area contributed by atoms with Crippen molar-refractivity contribution in [2.24, 2.45) is 10.7 Å². The molecule has 0 fully saturated rings. The number of likely N-dealkylation sites (N-methyl/N-ethyl adjacent to an activating group) is 1. The van der Waals surface area contributed by atoms with Gasteiger partial charge < -0.3 is 10.5 Å². The highest BCUT2D eigenvalue weighted by molar-refractivity contribution is 6.30. The maximum absolute atomic E-state index is 13.5. The van der Waals surface area contributed by atoms with Crippen LogP contribution in [0.1, 0.15) is 24.5 Å². The Balaban J connectivity index is 1.63. The number of ether oxygens (including phenoxy) is 1. The van der Waals surface area contributed by atoms with Crippen molar-refractivity contribution < 1.29 is 13.9 Å². The number of fused-ring (bicyclic) bond motifs is 2. The highest BCUT2D eigenvalue weighted by Gasteiger charge is 2.56. The summed E-state index contributed by atoms with van der Waals surface area (Å²) in [5, 5.41) is 0.587. The predicted octanol–water partition coefficient (Wildman–Crippen LogP) is 4.31. The molecule has 0 bridgehead atoms. The van der Waals surface area contributed by atoms with Crippen molar-refractivity contribution in [2.75, 3.05) is 7.05 Å². The summed E-state index contributed by atoms with van der Waals surface area (Å²) in [6.07, 6.45) is 2.34. The van der Waals surface area contributed by atoms with E-state index in [2.05, 4.69) is 9.98 Å². The van der Waals surface area contributed by atoms with Gasteiger partial charge in [-0.25, -0.2) is 9.38 Å². The number of nitrogens with zero attached hydrogens (tertiary/aromatic N) is 3. The number of carbonyl (C=O) groups excluding carboxylic acids is 1. The monoisotopic (exact) mass is 464 g/mol. The second-order valence-corrected chi connectivity index (χ2v) is 9.24. The van der Waals surface area contributed by atoms with Gasteiger partial charge in [0.15, 0.2) is 11.5 Å². The van der Waals surface area contributed by atoms with E-state index in [4.69, 9.17) is 22.1 Å². The Bertz CT molecular complexity index is 1300. The Hall–Kier alpha value is -3.45. The molecule has 33 heavy (non-hydrogen) atoms. The molecule has 8 heteroatoms. The fourth-order valence-corrected chi connectivity index (χ4v) is 4.90. The number of aromatic nitrogens is 1. The molecule has 2 aliphatic heterocycles. The van der Waals surface area contributed by atoms with Gasteiger partial charge in [0.1, 0.15) is 17.2 Å². The lowest BCUT2D eigenvalue weighted by atomic mass is 9.75. The van der Waals surface area contributed by atoms with E-state index in [-0.39, 0.29) is 24.1 Å². The van der Waals surface area contributed by atoms with Crippen LogP contribution < -0.4 is 10.5 Å². The second-order valence-electron chi connectivity index (χ2n) is 8.80. The van der Waals surface area contributed by atoms with Gasteiger partial charge in [0, 0.05) is 36.0 Å². The molecule has 1 unspecified atom stereocenters. The van der Waals surface area contributed by atoms with E-state index in [1.54, 1.807) is 31.4 Å². The number of guanidine groups is 1. The standard InChI is InChI=1S/C25H22ClFN4O2/c1-24(12-15-6-8-18(27)9-7-15)14-25(22(32)31(2)23(28)30-25)19-11-20(29-13-21(19)33-24)16-4-3-5-17(26)10-16/h3-11,13H,12,14H2,1-2H3,(H2,28,30)/t24-,25?/m1/s1. The first-order chi connectivity index (χ1) is 15.7. The largest absolute Gasteiger partial charge is 0.485 e. The van der Waals surface area contributed by atoms with Crippen LogP contribution >= 0.6 is 11.6 Å². The van der Waals surface area contributed by atoms with Crippen LogP contribution in [0.15, 0.2) is 65.8 Å². The third-order valence-corrected chi connectivity index (χ3v) is 6.45. The maximum atomic E-state index is 13.5. The van der Waals surface area contributed by atoms with Gasteiger partial charge in [0.2, 0.25) is 0 Å². The first-order valence-corrected chi connectivity index (χ1v) is 10.9. The van der Waals surface area contributed by atoms with E-state index < -0.39 is 11.1 Å². The van der Waals surface area contributed by atoms with Crippen molar-refractivity contribution in [1.29, 1.82) is 0 Å². The quantitative estimate of drug-likeness (QED) is 0.626. The van der Waals surface area contributed by atoms with Gasteiger partial charge in [-0.1, -0.05) is 35.9 Å². The zero-order chi connectivity index (χ0) is 23.4. The summed E-state index contributed by atoms with van der Waals surface area (Å²) in [5.41, 5.74) is 7.03. The average molecular weight is 465 g/mol. The van der Waals surface area contributed by atoms with Gasteiger partial charge in [-0.3, -0.25) is 14.7 Å². The van der Waals surface area contributed by atoms with E-state index in [1.165, 1.54) is 17.0 Å². The highest BCUT2D eigenvalue weighted by Crippen LogP contribution is 2.50. The van der Waals surface area contributed by atoms with E-state index in [9.17, 15) is 9.18 Å². The molecule has 2 atom stereocenters. The minimum atomic E-state index is -1.24. The number of amides is 1. The van der Waals surface area contributed by atoms with E-state index in [0.29, 0.717) is 28.5 Å². The number of hydrogen-bond donors (Lipinski definition) is 1. The van der Waals surface area contributed by atoms with Crippen LogP contribution in [-0.2, 0) is 16.8 Å². The normalized spacial score (nSPS) is 23.9. The molecule has 6 nitrogen and oxygen atoms in total. The molecule has 1 spiro atoms. The number of nitrogens with two attached hydrogens (primary N) is 1. The number of carbonyl (C=O) groups is 1. The summed E-state index contributed by atoms with van der Waals surface area (Å²) in [7, 11) is 1.61. The molecular formula is C25H22ClFN4O2. The molecule has 168 valence electrons. The van der Waals surface area contributed by atoms with Gasteiger partial charge in [0.25, 0.3) is 5.91 Å². The molecule has 2 N–H and O–H groups in total. The summed E-state index contributed by atoms with van der Waals surface area (Å²) in [4.78, 5) is 24.1. The number of rotatable bonds is 3. The van der Waals surface area contributed by atoms with Crippen LogP contribution in [0.25, 0.3) is 11.3 Å². The zero-order valence-corrected chi connectivity index (χ0v) is 18.9. The number of pyridine rings is 1. The average Bonchev–Trinajstić information content (AvgIpc) is 2.99. The fraction of sp³-hybridized carbons (Fsp3) is 0.240. The zero-order valence-electron chi connectivity index (χ0n) is 18.2. The Morgan fingerprint density at radius 3 is 2.64 bits per heavy atom. The van der Waals surface area contributed by atoms with Crippen LogP contribution in [0.3, 0.4) is 0 Å². The predicted molar refractivity (Wildman–Crippen MR) is 125 cm³/mol. The summed E-state index contributed by atoms with van der Waals surface area (Å²) >= 11 is 6.17. The molecule has 2 aliphatic rings. The lowest BCUT2D eigenvalue weighted by Crippen LogP contribution is -2.51. The summed E-state index contributed by atoms with van der Waals surface area (Å²) in [6.45, 7) is 1.92. The van der Waals surface area contributed by atoms with Gasteiger partial charge in [0.05, 0.1) is 11.9 Å². The van der Waals surface area contributed by atoms with Gasteiger partial charge in [-0.05, 0) is 42.8 Å². The van der Waals surface area contributed by atoms with Crippen molar-refractivity contribution in [2.45, 2.75) is 30.9 Å². The minimum Gasteiger partial charge on any atom is -0.485 e. The van der Waals surface area contributed by atoms with Crippen LogP contribution in [0.2, 0.25) is 5.02 Å². The molecule has 0 aliphatic carbocycles. The SMILES string of the molecule is CN1C(=O)C2(C[C@@](C)(Cc3ccc(F)cc3)Oc3cnc(-c4cccc(Cl)c4)cc32)N=C1N. The molecule has 1 amide bonds. The van der Waals surface area contributed by atoms with Crippen molar-refractivity contribution >= 4 is 23.5 Å². The van der Waals surface area contributed by atoms with Crippen molar-refractivity contribution in [3.05, 3.63) is 82.8 Å². The number of hydrogen-bond acceptors (Lipinski definition) is 5. The Labute approximate surface area is 195 Å². The smallest absolute Gasteiger partial charge is 0.261 e. The Morgan fingerprint density at radius 2 is 1.97 bits per heavy atom. The fourth-order valence-electron chi connectivity index (χ4n) is 4.71. The topological polar surface area (TPSA) is 80.8 Å². The molecule has 0 radical (unpaired) electrons. The van der Waals surface area contributed by atoms with Crippen LogP contribution in [0.4, 0.5) is 4.39 Å². The summed E-state index contributed by atoms with van der Waals surface area (Å²) < 4.78 is 19.8. The molecule has 0 saturated heterocycles. The van der Waals surface area contributed by atoms with Crippen LogP contribution in [0.5, 0.6) is 5.75 Å². The Morgan fingerprint density at radius 1 is 1.21 bits per heavy atom. The third kappa shape index (κ3) is 3.62. The third-order valence-electron chi connectivity index (χ3n) is 6.22. The van der Waals surface area contributed by atoms with Gasteiger partial charge in [-0.15, -0.1) is 0 Å². The minimum absolute atomic E-state index is 0.151. The van der Waals surface area contributed by atoms with Gasteiger partial charge >= 0.3 is 0 Å². The molecule has 3 heterocycles. The van der Waals surface area contributed by atoms with E-state index in [0.717, 1.165) is 11.1 Å². The molecule has 0 saturated carbocycles. The molecule has 2 aromatic carbocycles. The molecular weight excluding hydrogens is 443 g/mol. The van der Waals surface area contributed by atoms with Crippen LogP contribution in [0, 0.1) is 5.82 Å².